The lowest BCUT2D eigenvalue weighted by molar-refractivity contribution is 0.103. The van der Waals surface area contributed by atoms with Crippen molar-refractivity contribution in [3.63, 3.8) is 0 Å². The summed E-state index contributed by atoms with van der Waals surface area (Å²) in [6, 6.07) is 13.6. The average molecular weight is 253 g/mol. The van der Waals surface area contributed by atoms with Gasteiger partial charge >= 0.3 is 0 Å². The van der Waals surface area contributed by atoms with Crippen LogP contribution in [0.5, 0.6) is 0 Å². The minimum Gasteiger partial charge on any atom is -0.316 e. The number of hydrogen-bond acceptors (Lipinski definition) is 2. The molecule has 0 unspecified atom stereocenters. The molecule has 2 aromatic rings. The van der Waals surface area contributed by atoms with Crippen molar-refractivity contribution >= 4 is 5.78 Å². The number of hydrogen-bond donors (Lipinski definition) is 1. The number of carbonyl (C=O) groups is 1. The Morgan fingerprint density at radius 2 is 1.58 bits per heavy atom. The zero-order chi connectivity index (χ0) is 13.8. The maximum Gasteiger partial charge on any atom is 0.193 e. The standard InChI is InChI=1S/C17H19NO/c1-12-4-7-16(10-13(12)2)17(19)15-8-5-14(6-9-15)11-18-3/h4-10,18H,11H2,1-3H3. The van der Waals surface area contributed by atoms with Crippen LogP contribution in [0.25, 0.3) is 0 Å². The molecule has 0 aliphatic heterocycles. The van der Waals surface area contributed by atoms with Crippen LogP contribution >= 0.6 is 0 Å². The van der Waals surface area contributed by atoms with Crippen LogP contribution in [0, 0.1) is 13.8 Å². The molecular formula is C17H19NO. The summed E-state index contributed by atoms with van der Waals surface area (Å²) in [6.07, 6.45) is 0. The van der Waals surface area contributed by atoms with Crippen LogP contribution < -0.4 is 5.32 Å². The second-order valence-corrected chi connectivity index (χ2v) is 4.86. The van der Waals surface area contributed by atoms with Crippen molar-refractivity contribution in [3.8, 4) is 0 Å². The first kappa shape index (κ1) is 13.5. The van der Waals surface area contributed by atoms with Gasteiger partial charge in [-0.1, -0.05) is 36.4 Å². The number of benzene rings is 2. The van der Waals surface area contributed by atoms with Crippen molar-refractivity contribution in [1.29, 1.82) is 0 Å². The predicted molar refractivity (Wildman–Crippen MR) is 78.6 cm³/mol. The van der Waals surface area contributed by atoms with E-state index in [2.05, 4.69) is 12.2 Å². The summed E-state index contributed by atoms with van der Waals surface area (Å²) in [4.78, 5) is 12.4. The van der Waals surface area contributed by atoms with Crippen LogP contribution in [0.1, 0.15) is 32.6 Å². The number of rotatable bonds is 4. The molecule has 2 rings (SSSR count). The Balaban J connectivity index is 2.25. The number of aryl methyl sites for hydroxylation is 2. The molecule has 0 heterocycles. The van der Waals surface area contributed by atoms with Crippen molar-refractivity contribution in [2.24, 2.45) is 0 Å². The first-order valence-corrected chi connectivity index (χ1v) is 6.47. The van der Waals surface area contributed by atoms with E-state index in [1.165, 1.54) is 11.1 Å². The second kappa shape index (κ2) is 5.81. The lowest BCUT2D eigenvalue weighted by atomic mass is 9.98. The third-order valence-corrected chi connectivity index (χ3v) is 3.37. The molecule has 0 aliphatic rings. The molecule has 0 aliphatic carbocycles. The number of ketones is 1. The SMILES string of the molecule is CNCc1ccc(C(=O)c2ccc(C)c(C)c2)cc1. The highest BCUT2D eigenvalue weighted by Gasteiger charge is 2.09. The van der Waals surface area contributed by atoms with E-state index >= 15 is 0 Å². The van der Waals surface area contributed by atoms with Gasteiger partial charge in [0.05, 0.1) is 0 Å². The first-order valence-electron chi connectivity index (χ1n) is 6.47. The Labute approximate surface area is 114 Å². The Bertz CT molecular complexity index is 585. The van der Waals surface area contributed by atoms with Crippen LogP contribution in [0.4, 0.5) is 0 Å². The third-order valence-electron chi connectivity index (χ3n) is 3.37. The van der Waals surface area contributed by atoms with Gasteiger partial charge in [0.1, 0.15) is 0 Å². The molecule has 0 bridgehead atoms. The highest BCUT2D eigenvalue weighted by molar-refractivity contribution is 6.09. The van der Waals surface area contributed by atoms with Gasteiger partial charge in [0, 0.05) is 17.7 Å². The van der Waals surface area contributed by atoms with E-state index in [-0.39, 0.29) is 5.78 Å². The maximum absolute atomic E-state index is 12.4. The third kappa shape index (κ3) is 3.09. The second-order valence-electron chi connectivity index (χ2n) is 4.86. The minimum atomic E-state index is 0.0825. The molecule has 0 spiro atoms. The van der Waals surface area contributed by atoms with E-state index in [9.17, 15) is 4.79 Å². The van der Waals surface area contributed by atoms with E-state index < -0.39 is 0 Å². The highest BCUT2D eigenvalue weighted by Crippen LogP contribution is 2.15. The van der Waals surface area contributed by atoms with Crippen molar-refractivity contribution in [2.45, 2.75) is 20.4 Å². The molecule has 0 saturated heterocycles. The summed E-state index contributed by atoms with van der Waals surface area (Å²) in [6.45, 7) is 4.90. The smallest absolute Gasteiger partial charge is 0.193 e. The maximum atomic E-state index is 12.4. The fraction of sp³-hybridized carbons (Fsp3) is 0.235. The van der Waals surface area contributed by atoms with Crippen molar-refractivity contribution in [2.75, 3.05) is 7.05 Å². The van der Waals surface area contributed by atoms with E-state index in [4.69, 9.17) is 0 Å². The molecule has 0 aromatic heterocycles. The molecule has 0 fully saturated rings. The zero-order valence-electron chi connectivity index (χ0n) is 11.7. The fourth-order valence-electron chi connectivity index (χ4n) is 2.03. The van der Waals surface area contributed by atoms with Gasteiger partial charge in [-0.3, -0.25) is 4.79 Å². The largest absolute Gasteiger partial charge is 0.316 e. The summed E-state index contributed by atoms with van der Waals surface area (Å²) in [5.41, 5.74) is 5.03. The van der Waals surface area contributed by atoms with Crippen LogP contribution in [-0.2, 0) is 6.54 Å². The lowest BCUT2D eigenvalue weighted by Gasteiger charge is -2.06. The molecule has 0 atom stereocenters. The monoisotopic (exact) mass is 253 g/mol. The molecule has 2 aromatic carbocycles. The molecule has 0 amide bonds. The van der Waals surface area contributed by atoms with Gasteiger partial charge in [0.15, 0.2) is 5.78 Å². The van der Waals surface area contributed by atoms with E-state index in [1.54, 1.807) is 0 Å². The van der Waals surface area contributed by atoms with E-state index in [1.807, 2.05) is 56.4 Å². The fourth-order valence-corrected chi connectivity index (χ4v) is 2.03. The molecule has 2 nitrogen and oxygen atoms in total. The first-order chi connectivity index (χ1) is 9.11. The average Bonchev–Trinajstić information content (AvgIpc) is 2.42. The summed E-state index contributed by atoms with van der Waals surface area (Å²) < 4.78 is 0. The molecule has 2 heteroatoms. The predicted octanol–water partition coefficient (Wildman–Crippen LogP) is 3.25. The van der Waals surface area contributed by atoms with Gasteiger partial charge in [-0.15, -0.1) is 0 Å². The van der Waals surface area contributed by atoms with Gasteiger partial charge in [0.2, 0.25) is 0 Å². The Hall–Kier alpha value is -1.93. The van der Waals surface area contributed by atoms with Crippen molar-refractivity contribution in [1.82, 2.24) is 5.32 Å². The summed E-state index contributed by atoms with van der Waals surface area (Å²) in [5, 5.41) is 3.09. The topological polar surface area (TPSA) is 29.1 Å². The van der Waals surface area contributed by atoms with E-state index in [0.29, 0.717) is 0 Å². The summed E-state index contributed by atoms with van der Waals surface area (Å²) in [5.74, 6) is 0.0825. The Morgan fingerprint density at radius 3 is 2.16 bits per heavy atom. The Kier molecular flexibility index (Phi) is 4.13. The molecule has 0 saturated carbocycles. The molecule has 19 heavy (non-hydrogen) atoms. The van der Waals surface area contributed by atoms with Crippen LogP contribution in [0.2, 0.25) is 0 Å². The molecule has 98 valence electrons. The summed E-state index contributed by atoms with van der Waals surface area (Å²) >= 11 is 0. The zero-order valence-corrected chi connectivity index (χ0v) is 11.7. The quantitative estimate of drug-likeness (QED) is 0.847. The van der Waals surface area contributed by atoms with Gasteiger partial charge in [-0.25, -0.2) is 0 Å². The van der Waals surface area contributed by atoms with E-state index in [0.717, 1.165) is 23.2 Å². The number of nitrogens with one attached hydrogen (secondary N) is 1. The van der Waals surface area contributed by atoms with Gasteiger partial charge in [-0.05, 0) is 43.7 Å². The number of carbonyl (C=O) groups excluding carboxylic acids is 1. The summed E-state index contributed by atoms with van der Waals surface area (Å²) in [7, 11) is 1.91. The van der Waals surface area contributed by atoms with Gasteiger partial charge in [0.25, 0.3) is 0 Å². The van der Waals surface area contributed by atoms with Crippen LogP contribution in [0.3, 0.4) is 0 Å². The highest BCUT2D eigenvalue weighted by atomic mass is 16.1. The van der Waals surface area contributed by atoms with Crippen molar-refractivity contribution in [3.05, 3.63) is 70.3 Å². The van der Waals surface area contributed by atoms with Crippen LogP contribution in [-0.4, -0.2) is 12.8 Å². The van der Waals surface area contributed by atoms with Gasteiger partial charge in [-0.2, -0.15) is 0 Å². The molecule has 0 radical (unpaired) electrons. The molecular weight excluding hydrogens is 234 g/mol. The lowest BCUT2D eigenvalue weighted by Crippen LogP contribution is -2.06. The normalized spacial score (nSPS) is 10.5. The Morgan fingerprint density at radius 1 is 0.947 bits per heavy atom. The molecule has 1 N–H and O–H groups in total. The van der Waals surface area contributed by atoms with Crippen LogP contribution in [0.15, 0.2) is 42.5 Å². The minimum absolute atomic E-state index is 0.0825. The van der Waals surface area contributed by atoms with Crippen molar-refractivity contribution < 1.29 is 4.79 Å². The van der Waals surface area contributed by atoms with Gasteiger partial charge < -0.3 is 5.32 Å².